The molecule has 1 amide bonds. The minimum atomic E-state index is -0.187. The van der Waals surface area contributed by atoms with Crippen molar-refractivity contribution in [3.63, 3.8) is 0 Å². The number of thiazole rings is 1. The van der Waals surface area contributed by atoms with E-state index in [1.165, 1.54) is 17.4 Å². The molecule has 9 heteroatoms. The molecule has 0 aliphatic carbocycles. The summed E-state index contributed by atoms with van der Waals surface area (Å²) in [5, 5.41) is 3.18. The van der Waals surface area contributed by atoms with E-state index < -0.39 is 0 Å². The van der Waals surface area contributed by atoms with Gasteiger partial charge in [-0.05, 0) is 35.9 Å². The fourth-order valence-electron chi connectivity index (χ4n) is 2.94. The van der Waals surface area contributed by atoms with Gasteiger partial charge in [0.2, 0.25) is 5.91 Å². The average Bonchev–Trinajstić information content (AvgIpc) is 3.30. The summed E-state index contributed by atoms with van der Waals surface area (Å²) < 4.78 is 1.85. The van der Waals surface area contributed by atoms with Crippen LogP contribution in [0.2, 0.25) is 15.2 Å². The van der Waals surface area contributed by atoms with E-state index in [4.69, 9.17) is 34.8 Å². The second-order valence-corrected chi connectivity index (χ2v) is 8.49. The molecule has 5 nitrogen and oxygen atoms in total. The minimum absolute atomic E-state index is 0.187. The number of fused-ring (bicyclic) bond motifs is 1. The maximum atomic E-state index is 13.1. The Kier molecular flexibility index (Phi) is 6.39. The van der Waals surface area contributed by atoms with Crippen LogP contribution in [-0.2, 0) is 17.9 Å². The predicted molar refractivity (Wildman–Crippen MR) is 122 cm³/mol. The van der Waals surface area contributed by atoms with E-state index in [2.05, 4.69) is 9.97 Å². The summed E-state index contributed by atoms with van der Waals surface area (Å²) >= 11 is 19.9. The molecular weight excluding hydrogens is 463 g/mol. The summed E-state index contributed by atoms with van der Waals surface area (Å²) in [7, 11) is 0. The molecule has 4 aromatic rings. The van der Waals surface area contributed by atoms with Crippen molar-refractivity contribution in [1.82, 2.24) is 19.3 Å². The Morgan fingerprint density at radius 3 is 2.77 bits per heavy atom. The zero-order valence-electron chi connectivity index (χ0n) is 15.5. The molecule has 0 unspecified atom stereocenters. The lowest BCUT2D eigenvalue weighted by molar-refractivity contribution is -0.127. The summed E-state index contributed by atoms with van der Waals surface area (Å²) in [5.41, 5.74) is 2.31. The van der Waals surface area contributed by atoms with Crippen molar-refractivity contribution in [3.8, 4) is 0 Å². The number of halogens is 3. The predicted octanol–water partition coefficient (Wildman–Crippen LogP) is 5.99. The van der Waals surface area contributed by atoms with Crippen LogP contribution in [0.25, 0.3) is 11.0 Å². The molecule has 0 aliphatic rings. The van der Waals surface area contributed by atoms with Crippen LogP contribution in [-0.4, -0.2) is 25.2 Å². The van der Waals surface area contributed by atoms with Crippen molar-refractivity contribution < 1.29 is 4.79 Å². The molecule has 1 aromatic carbocycles. The lowest BCUT2D eigenvalue weighted by Crippen LogP contribution is -2.28. The Hall–Kier alpha value is -2.38. The number of hydrogen-bond donors (Lipinski definition) is 0. The highest BCUT2D eigenvalue weighted by molar-refractivity contribution is 7.15. The standard InChI is InChI=1S/C21H15Cl3N4OS/c22-16-5-4-14(11-17(16)23)12-27(13-15-3-1-2-8-25-15)19(29)7-6-18-20(24)26-21-28(18)9-10-30-21/h1-11H,12-13H2/b7-6+. The molecule has 0 spiro atoms. The summed E-state index contributed by atoms with van der Waals surface area (Å²) in [6, 6.07) is 10.9. The van der Waals surface area contributed by atoms with E-state index in [-0.39, 0.29) is 5.91 Å². The van der Waals surface area contributed by atoms with Crippen LogP contribution >= 0.6 is 46.1 Å². The van der Waals surface area contributed by atoms with Crippen molar-refractivity contribution in [1.29, 1.82) is 0 Å². The fourth-order valence-corrected chi connectivity index (χ4v) is 4.26. The van der Waals surface area contributed by atoms with Crippen LogP contribution in [0.5, 0.6) is 0 Å². The third kappa shape index (κ3) is 4.68. The molecule has 4 rings (SSSR count). The zero-order valence-corrected chi connectivity index (χ0v) is 18.6. The quantitative estimate of drug-likeness (QED) is 0.320. The van der Waals surface area contributed by atoms with E-state index in [9.17, 15) is 4.79 Å². The number of carbonyl (C=O) groups excluding carboxylic acids is 1. The number of benzene rings is 1. The number of amides is 1. The molecule has 0 aliphatic heterocycles. The topological polar surface area (TPSA) is 50.5 Å². The maximum Gasteiger partial charge on any atom is 0.247 e. The van der Waals surface area contributed by atoms with Crippen molar-refractivity contribution in [2.75, 3.05) is 0 Å². The minimum Gasteiger partial charge on any atom is -0.329 e. The van der Waals surface area contributed by atoms with Crippen LogP contribution in [0.1, 0.15) is 17.0 Å². The van der Waals surface area contributed by atoms with Gasteiger partial charge in [-0.3, -0.25) is 14.2 Å². The van der Waals surface area contributed by atoms with Crippen LogP contribution in [0.4, 0.5) is 0 Å². The van der Waals surface area contributed by atoms with Crippen LogP contribution in [0.15, 0.2) is 60.2 Å². The SMILES string of the molecule is O=C(/C=C/c1c(Cl)nc2sccn12)N(Cc1ccc(Cl)c(Cl)c1)Cc1ccccn1. The Labute approximate surface area is 192 Å². The second-order valence-electron chi connectivity index (χ2n) is 6.44. The van der Waals surface area contributed by atoms with E-state index >= 15 is 0 Å². The molecule has 0 atom stereocenters. The molecule has 0 bridgehead atoms. The first-order valence-electron chi connectivity index (χ1n) is 8.93. The molecular formula is C21H15Cl3N4OS. The summed E-state index contributed by atoms with van der Waals surface area (Å²) in [6.07, 6.45) is 6.74. The van der Waals surface area contributed by atoms with Gasteiger partial charge in [0.25, 0.3) is 0 Å². The lowest BCUT2D eigenvalue weighted by Gasteiger charge is -2.21. The Morgan fingerprint density at radius 2 is 2.00 bits per heavy atom. The molecule has 3 aromatic heterocycles. The van der Waals surface area contributed by atoms with Gasteiger partial charge in [-0.1, -0.05) is 46.9 Å². The van der Waals surface area contributed by atoms with Crippen LogP contribution in [0, 0.1) is 0 Å². The van der Waals surface area contributed by atoms with E-state index in [0.717, 1.165) is 16.2 Å². The van der Waals surface area contributed by atoms with Gasteiger partial charge in [0.15, 0.2) is 10.1 Å². The number of carbonyl (C=O) groups is 1. The Bertz CT molecular complexity index is 1220. The van der Waals surface area contributed by atoms with Gasteiger partial charge in [0.1, 0.15) is 0 Å². The average molecular weight is 478 g/mol. The molecule has 0 N–H and O–H groups in total. The van der Waals surface area contributed by atoms with Crippen molar-refractivity contribution in [3.05, 3.63) is 92.4 Å². The zero-order chi connectivity index (χ0) is 21.1. The molecule has 0 fully saturated rings. The van der Waals surface area contributed by atoms with Crippen molar-refractivity contribution in [2.24, 2.45) is 0 Å². The highest BCUT2D eigenvalue weighted by Crippen LogP contribution is 2.25. The highest BCUT2D eigenvalue weighted by Gasteiger charge is 2.15. The van der Waals surface area contributed by atoms with Crippen molar-refractivity contribution in [2.45, 2.75) is 13.1 Å². The van der Waals surface area contributed by atoms with Gasteiger partial charge in [-0.15, -0.1) is 11.3 Å². The number of hydrogen-bond acceptors (Lipinski definition) is 4. The monoisotopic (exact) mass is 476 g/mol. The fraction of sp³-hybridized carbons (Fsp3) is 0.0952. The van der Waals surface area contributed by atoms with E-state index in [1.54, 1.807) is 29.3 Å². The smallest absolute Gasteiger partial charge is 0.247 e. The first-order chi connectivity index (χ1) is 14.5. The third-order valence-electron chi connectivity index (χ3n) is 4.39. The van der Waals surface area contributed by atoms with Gasteiger partial charge in [-0.25, -0.2) is 4.98 Å². The second kappa shape index (κ2) is 9.18. The largest absolute Gasteiger partial charge is 0.329 e. The first-order valence-corrected chi connectivity index (χ1v) is 10.9. The number of imidazole rings is 1. The van der Waals surface area contributed by atoms with Gasteiger partial charge in [0.05, 0.1) is 28.0 Å². The lowest BCUT2D eigenvalue weighted by atomic mass is 10.2. The third-order valence-corrected chi connectivity index (χ3v) is 6.16. The molecule has 3 heterocycles. The molecule has 0 radical (unpaired) electrons. The van der Waals surface area contributed by atoms with Gasteiger partial charge in [0, 0.05) is 30.4 Å². The number of pyridine rings is 1. The molecule has 152 valence electrons. The summed E-state index contributed by atoms with van der Waals surface area (Å²) in [5.74, 6) is -0.187. The molecule has 0 saturated heterocycles. The first kappa shape index (κ1) is 20.9. The van der Waals surface area contributed by atoms with E-state index in [0.29, 0.717) is 34.0 Å². The Morgan fingerprint density at radius 1 is 1.13 bits per heavy atom. The van der Waals surface area contributed by atoms with Crippen LogP contribution in [0.3, 0.4) is 0 Å². The van der Waals surface area contributed by atoms with Crippen LogP contribution < -0.4 is 0 Å². The number of rotatable bonds is 6. The number of aromatic nitrogens is 3. The number of nitrogens with zero attached hydrogens (tertiary/aromatic N) is 4. The van der Waals surface area contributed by atoms with Gasteiger partial charge >= 0.3 is 0 Å². The van der Waals surface area contributed by atoms with E-state index in [1.807, 2.05) is 40.2 Å². The Balaban J connectivity index is 1.60. The highest BCUT2D eigenvalue weighted by atomic mass is 35.5. The normalized spacial score (nSPS) is 11.4. The summed E-state index contributed by atoms with van der Waals surface area (Å²) in [6.45, 7) is 0.697. The molecule has 30 heavy (non-hydrogen) atoms. The maximum absolute atomic E-state index is 13.1. The molecule has 0 saturated carbocycles. The van der Waals surface area contributed by atoms with Gasteiger partial charge in [-0.2, -0.15) is 0 Å². The van der Waals surface area contributed by atoms with Gasteiger partial charge < -0.3 is 4.90 Å². The summed E-state index contributed by atoms with van der Waals surface area (Å²) in [4.78, 5) is 24.1. The van der Waals surface area contributed by atoms with Crippen molar-refractivity contribution >= 4 is 63.1 Å².